The molecular weight excluding hydrogens is 359 g/mol. The highest BCUT2D eigenvalue weighted by atomic mass is 127. The second-order valence-electron chi connectivity index (χ2n) is 6.64. The molecule has 0 aliphatic carbocycles. The minimum atomic E-state index is 0.153. The molecule has 1 saturated heterocycles. The van der Waals surface area contributed by atoms with Crippen LogP contribution >= 0.6 is 22.9 Å². The molecule has 0 spiro atoms. The van der Waals surface area contributed by atoms with Crippen molar-refractivity contribution in [3.8, 4) is 0 Å². The fourth-order valence-corrected chi connectivity index (χ4v) is 4.80. The zero-order chi connectivity index (χ0) is 14.9. The highest BCUT2D eigenvalue weighted by Crippen LogP contribution is 2.46. The first kappa shape index (κ1) is 16.2. The maximum Gasteiger partial charge on any atom is 0.0591 e. The van der Waals surface area contributed by atoms with Crippen molar-refractivity contribution in [2.45, 2.75) is 45.2 Å². The molecule has 2 nitrogen and oxygen atoms in total. The maximum atomic E-state index is 2.56. The first-order valence-corrected chi connectivity index (χ1v) is 8.51. The van der Waals surface area contributed by atoms with E-state index in [-0.39, 0.29) is 5.54 Å². The van der Waals surface area contributed by atoms with Crippen molar-refractivity contribution < 1.29 is 0 Å². The topological polar surface area (TPSA) is 6.48 Å². The van der Waals surface area contributed by atoms with Gasteiger partial charge in [-0.2, -0.15) is 0 Å². The number of benzene rings is 1. The van der Waals surface area contributed by atoms with E-state index in [0.717, 1.165) is 6.54 Å². The van der Waals surface area contributed by atoms with Crippen LogP contribution in [0.5, 0.6) is 0 Å². The monoisotopic (exact) mass is 386 g/mol. The van der Waals surface area contributed by atoms with Gasteiger partial charge >= 0.3 is 0 Å². The van der Waals surface area contributed by atoms with Crippen LogP contribution in [-0.4, -0.2) is 34.7 Å². The SMILES string of the molecule is Cc1cccc(C2(C(C)C)CC(N(C)C)CCN2I)c1. The van der Waals surface area contributed by atoms with Crippen molar-refractivity contribution in [2.24, 2.45) is 5.92 Å². The van der Waals surface area contributed by atoms with Crippen molar-refractivity contribution in [2.75, 3.05) is 20.6 Å². The predicted octanol–water partition coefficient (Wildman–Crippen LogP) is 4.22. The predicted molar refractivity (Wildman–Crippen MR) is 95.1 cm³/mol. The van der Waals surface area contributed by atoms with E-state index in [4.69, 9.17) is 0 Å². The molecule has 3 heteroatoms. The third-order valence-corrected chi connectivity index (χ3v) is 6.19. The van der Waals surface area contributed by atoms with E-state index in [1.54, 1.807) is 0 Å². The molecule has 2 rings (SSSR count). The van der Waals surface area contributed by atoms with E-state index < -0.39 is 0 Å². The minimum Gasteiger partial charge on any atom is -0.306 e. The molecule has 1 heterocycles. The van der Waals surface area contributed by atoms with Crippen molar-refractivity contribution in [1.29, 1.82) is 0 Å². The Bertz CT molecular complexity index is 458. The van der Waals surface area contributed by atoms with Crippen LogP contribution in [0.2, 0.25) is 0 Å². The quantitative estimate of drug-likeness (QED) is 0.567. The lowest BCUT2D eigenvalue weighted by molar-refractivity contribution is 0.0522. The summed E-state index contributed by atoms with van der Waals surface area (Å²) in [6.45, 7) is 8.09. The largest absolute Gasteiger partial charge is 0.306 e. The molecule has 1 aliphatic heterocycles. The van der Waals surface area contributed by atoms with Crippen LogP contribution in [0.25, 0.3) is 0 Å². The lowest BCUT2D eigenvalue weighted by Gasteiger charge is -2.51. The molecule has 1 aromatic rings. The first-order valence-electron chi connectivity index (χ1n) is 7.55. The van der Waals surface area contributed by atoms with Gasteiger partial charge < -0.3 is 4.90 Å². The highest BCUT2D eigenvalue weighted by molar-refractivity contribution is 14.1. The summed E-state index contributed by atoms with van der Waals surface area (Å²) in [7, 11) is 4.43. The van der Waals surface area contributed by atoms with Crippen LogP contribution in [0.15, 0.2) is 24.3 Å². The second kappa shape index (κ2) is 6.32. The van der Waals surface area contributed by atoms with Crippen LogP contribution in [0.3, 0.4) is 0 Å². The van der Waals surface area contributed by atoms with E-state index in [1.165, 1.54) is 24.0 Å². The van der Waals surface area contributed by atoms with Crippen molar-refractivity contribution in [1.82, 2.24) is 8.01 Å². The van der Waals surface area contributed by atoms with Gasteiger partial charge in [0, 0.05) is 35.5 Å². The second-order valence-corrected chi connectivity index (χ2v) is 7.81. The highest BCUT2D eigenvalue weighted by Gasteiger charge is 2.45. The zero-order valence-corrected chi connectivity index (χ0v) is 15.5. The molecule has 0 amide bonds. The Labute approximate surface area is 138 Å². The van der Waals surface area contributed by atoms with Crippen LogP contribution in [0.4, 0.5) is 0 Å². The molecule has 0 saturated carbocycles. The summed E-state index contributed by atoms with van der Waals surface area (Å²) in [5.74, 6) is 0.601. The average molecular weight is 386 g/mol. The lowest BCUT2D eigenvalue weighted by Crippen LogP contribution is -2.54. The standard InChI is InChI=1S/C17H27IN2/c1-13(2)17(15-8-6-7-14(3)11-15)12-16(19(4)5)9-10-20(17)18/h6-8,11,13,16H,9-10,12H2,1-5H3. The van der Waals surface area contributed by atoms with Crippen LogP contribution < -0.4 is 0 Å². The van der Waals surface area contributed by atoms with Gasteiger partial charge in [0.2, 0.25) is 0 Å². The smallest absolute Gasteiger partial charge is 0.0591 e. The zero-order valence-electron chi connectivity index (χ0n) is 13.4. The van der Waals surface area contributed by atoms with Crippen LogP contribution in [0.1, 0.15) is 37.8 Å². The number of nitrogens with zero attached hydrogens (tertiary/aromatic N) is 2. The molecule has 1 fully saturated rings. The summed E-state index contributed by atoms with van der Waals surface area (Å²) in [4.78, 5) is 2.40. The Kier molecular flexibility index (Phi) is 5.14. The molecule has 0 bridgehead atoms. The van der Waals surface area contributed by atoms with E-state index in [1.807, 2.05) is 0 Å². The van der Waals surface area contributed by atoms with Crippen molar-refractivity contribution in [3.05, 3.63) is 35.4 Å². The van der Waals surface area contributed by atoms with Gasteiger partial charge in [0.05, 0.1) is 5.54 Å². The van der Waals surface area contributed by atoms with Gasteiger partial charge in [0.15, 0.2) is 0 Å². The fourth-order valence-electron chi connectivity index (χ4n) is 3.48. The van der Waals surface area contributed by atoms with Crippen molar-refractivity contribution in [3.63, 3.8) is 0 Å². The number of hydrogen-bond acceptors (Lipinski definition) is 2. The molecule has 112 valence electrons. The summed E-state index contributed by atoms with van der Waals surface area (Å²) >= 11 is 2.55. The number of piperidine rings is 1. The number of halogens is 1. The molecule has 20 heavy (non-hydrogen) atoms. The summed E-state index contributed by atoms with van der Waals surface area (Å²) in [6.07, 6.45) is 2.47. The maximum absolute atomic E-state index is 2.56. The molecule has 1 aliphatic rings. The fraction of sp³-hybridized carbons (Fsp3) is 0.647. The molecule has 0 N–H and O–H groups in total. The van der Waals surface area contributed by atoms with Gasteiger partial charge in [0.1, 0.15) is 0 Å². The van der Waals surface area contributed by atoms with Gasteiger partial charge in [0.25, 0.3) is 0 Å². The Balaban J connectivity index is 2.46. The Morgan fingerprint density at radius 3 is 2.60 bits per heavy atom. The van der Waals surface area contributed by atoms with Gasteiger partial charge in [-0.25, -0.2) is 3.11 Å². The lowest BCUT2D eigenvalue weighted by atomic mass is 9.72. The first-order chi connectivity index (χ1) is 9.37. The normalized spacial score (nSPS) is 28.3. The van der Waals surface area contributed by atoms with Crippen molar-refractivity contribution >= 4 is 22.9 Å². The number of aryl methyl sites for hydroxylation is 1. The van der Waals surface area contributed by atoms with Gasteiger partial charge in [-0.15, -0.1) is 0 Å². The molecular formula is C17H27IN2. The third kappa shape index (κ3) is 2.90. The van der Waals surface area contributed by atoms with Gasteiger partial charge in [-0.05, 0) is 45.3 Å². The minimum absolute atomic E-state index is 0.153. The molecule has 2 unspecified atom stereocenters. The summed E-state index contributed by atoms with van der Waals surface area (Å²) in [5.41, 5.74) is 2.99. The summed E-state index contributed by atoms with van der Waals surface area (Å²) in [5, 5.41) is 0. The molecule has 0 aromatic heterocycles. The summed E-state index contributed by atoms with van der Waals surface area (Å²) in [6, 6.07) is 9.77. The van der Waals surface area contributed by atoms with Crippen LogP contribution in [-0.2, 0) is 5.54 Å². The van der Waals surface area contributed by atoms with Gasteiger partial charge in [-0.1, -0.05) is 43.7 Å². The molecule has 2 atom stereocenters. The summed E-state index contributed by atoms with van der Waals surface area (Å²) < 4.78 is 2.56. The number of hydrogen-bond donors (Lipinski definition) is 0. The van der Waals surface area contributed by atoms with E-state index in [0.29, 0.717) is 12.0 Å². The third-order valence-electron chi connectivity index (χ3n) is 4.84. The van der Waals surface area contributed by atoms with E-state index >= 15 is 0 Å². The Hall–Kier alpha value is -0.130. The Morgan fingerprint density at radius 2 is 2.05 bits per heavy atom. The van der Waals surface area contributed by atoms with Gasteiger partial charge in [-0.3, -0.25) is 0 Å². The molecule has 0 radical (unpaired) electrons. The molecule has 1 aromatic carbocycles. The Morgan fingerprint density at radius 1 is 1.35 bits per heavy atom. The van der Waals surface area contributed by atoms with E-state index in [9.17, 15) is 0 Å². The number of rotatable bonds is 3. The van der Waals surface area contributed by atoms with Crippen LogP contribution in [0, 0.1) is 12.8 Å². The van der Waals surface area contributed by atoms with E-state index in [2.05, 4.69) is 90.0 Å². The average Bonchev–Trinajstić information content (AvgIpc) is 2.38.